The fourth-order valence-corrected chi connectivity index (χ4v) is 1.09. The summed E-state index contributed by atoms with van der Waals surface area (Å²) in [5.74, 6) is 0.592. The number of anilines is 2. The lowest BCUT2D eigenvalue weighted by Gasteiger charge is -2.05. The molecule has 1 rings (SSSR count). The molecule has 0 aliphatic carbocycles. The fraction of sp³-hybridized carbons (Fsp3) is 0.333. The standard InChI is InChI=1S/C9H13ClN4/c1-2-3-4-5-12-8-7(11)6-13-9(10)14-8/h2-3,6H,4-5,11H2,1H3,(H,12,13,14)/b3-2+. The second-order valence-electron chi connectivity index (χ2n) is 2.73. The topological polar surface area (TPSA) is 63.8 Å². The third-order valence-electron chi connectivity index (χ3n) is 1.63. The predicted molar refractivity (Wildman–Crippen MR) is 59.4 cm³/mol. The van der Waals surface area contributed by atoms with Crippen LogP contribution >= 0.6 is 11.6 Å². The maximum Gasteiger partial charge on any atom is 0.224 e. The van der Waals surface area contributed by atoms with E-state index < -0.39 is 0 Å². The summed E-state index contributed by atoms with van der Waals surface area (Å²) in [5, 5.41) is 3.28. The van der Waals surface area contributed by atoms with E-state index in [0.29, 0.717) is 11.5 Å². The Morgan fingerprint density at radius 2 is 2.43 bits per heavy atom. The van der Waals surface area contributed by atoms with Gasteiger partial charge < -0.3 is 11.1 Å². The SMILES string of the molecule is C/C=C/CCNc1nc(Cl)ncc1N. The van der Waals surface area contributed by atoms with Gasteiger partial charge in [-0.1, -0.05) is 12.2 Å². The third-order valence-corrected chi connectivity index (χ3v) is 1.81. The molecule has 0 aliphatic rings. The van der Waals surface area contributed by atoms with Gasteiger partial charge in [-0.2, -0.15) is 4.98 Å². The summed E-state index contributed by atoms with van der Waals surface area (Å²) in [6.45, 7) is 2.76. The van der Waals surface area contributed by atoms with Crippen LogP contribution in [0.25, 0.3) is 0 Å². The molecule has 4 nitrogen and oxygen atoms in total. The number of hydrogen-bond acceptors (Lipinski definition) is 4. The van der Waals surface area contributed by atoms with E-state index in [9.17, 15) is 0 Å². The molecule has 0 aromatic carbocycles. The molecule has 3 N–H and O–H groups in total. The number of rotatable bonds is 4. The van der Waals surface area contributed by atoms with Crippen LogP contribution in [-0.4, -0.2) is 16.5 Å². The number of nitrogens with two attached hydrogens (primary N) is 1. The molecule has 5 heteroatoms. The molecule has 1 heterocycles. The van der Waals surface area contributed by atoms with Gasteiger partial charge in [0.1, 0.15) is 0 Å². The fourth-order valence-electron chi connectivity index (χ4n) is 0.952. The first kappa shape index (κ1) is 10.8. The van der Waals surface area contributed by atoms with E-state index in [2.05, 4.69) is 21.4 Å². The van der Waals surface area contributed by atoms with E-state index in [1.807, 2.05) is 13.0 Å². The lowest BCUT2D eigenvalue weighted by atomic mass is 10.4. The molecule has 0 bridgehead atoms. The largest absolute Gasteiger partial charge is 0.394 e. The Balaban J connectivity index is 2.53. The van der Waals surface area contributed by atoms with Crippen LogP contribution in [0.1, 0.15) is 13.3 Å². The molecular formula is C9H13ClN4. The van der Waals surface area contributed by atoms with Crippen molar-refractivity contribution in [2.75, 3.05) is 17.6 Å². The molecule has 0 spiro atoms. The summed E-state index contributed by atoms with van der Waals surface area (Å²) >= 11 is 5.63. The first-order valence-electron chi connectivity index (χ1n) is 4.37. The molecule has 14 heavy (non-hydrogen) atoms. The quantitative estimate of drug-likeness (QED) is 0.456. The Bertz CT molecular complexity index is 325. The zero-order chi connectivity index (χ0) is 10.4. The van der Waals surface area contributed by atoms with Crippen molar-refractivity contribution in [1.29, 1.82) is 0 Å². The lowest BCUT2D eigenvalue weighted by Crippen LogP contribution is -2.06. The summed E-state index contributed by atoms with van der Waals surface area (Å²) in [6.07, 6.45) is 6.48. The molecule has 0 unspecified atom stereocenters. The van der Waals surface area contributed by atoms with Crippen molar-refractivity contribution in [3.63, 3.8) is 0 Å². The molecule has 0 fully saturated rings. The van der Waals surface area contributed by atoms with Crippen LogP contribution < -0.4 is 11.1 Å². The van der Waals surface area contributed by atoms with Crippen molar-refractivity contribution in [2.45, 2.75) is 13.3 Å². The van der Waals surface area contributed by atoms with Gasteiger partial charge in [-0.15, -0.1) is 0 Å². The van der Waals surface area contributed by atoms with Crippen molar-refractivity contribution < 1.29 is 0 Å². The number of nitrogens with zero attached hydrogens (tertiary/aromatic N) is 2. The predicted octanol–water partition coefficient (Wildman–Crippen LogP) is 2.09. The molecule has 76 valence electrons. The Morgan fingerprint density at radius 1 is 1.64 bits per heavy atom. The Kier molecular flexibility index (Phi) is 4.19. The Hall–Kier alpha value is -1.29. The number of allylic oxidation sites excluding steroid dienone is 1. The van der Waals surface area contributed by atoms with Gasteiger partial charge in [0, 0.05) is 6.54 Å². The van der Waals surface area contributed by atoms with Crippen molar-refractivity contribution in [3.8, 4) is 0 Å². The zero-order valence-electron chi connectivity index (χ0n) is 8.00. The van der Waals surface area contributed by atoms with Crippen LogP contribution in [0.2, 0.25) is 5.28 Å². The van der Waals surface area contributed by atoms with Gasteiger partial charge in [0.25, 0.3) is 0 Å². The van der Waals surface area contributed by atoms with Gasteiger partial charge in [0.05, 0.1) is 11.9 Å². The van der Waals surface area contributed by atoms with Crippen LogP contribution in [0.5, 0.6) is 0 Å². The van der Waals surface area contributed by atoms with Crippen molar-refractivity contribution >= 4 is 23.1 Å². The first-order chi connectivity index (χ1) is 6.74. The molecule has 0 saturated heterocycles. The van der Waals surface area contributed by atoms with Crippen LogP contribution in [0.4, 0.5) is 11.5 Å². The van der Waals surface area contributed by atoms with Crippen molar-refractivity contribution in [1.82, 2.24) is 9.97 Å². The maximum atomic E-state index is 5.64. The van der Waals surface area contributed by atoms with E-state index in [1.165, 1.54) is 6.20 Å². The average Bonchev–Trinajstić information content (AvgIpc) is 2.18. The Morgan fingerprint density at radius 3 is 3.14 bits per heavy atom. The molecule has 0 amide bonds. The molecule has 1 aromatic rings. The highest BCUT2D eigenvalue weighted by Gasteiger charge is 2.00. The average molecular weight is 213 g/mol. The van der Waals surface area contributed by atoms with Crippen LogP contribution in [-0.2, 0) is 0 Å². The highest BCUT2D eigenvalue weighted by atomic mass is 35.5. The minimum absolute atomic E-state index is 0.202. The zero-order valence-corrected chi connectivity index (χ0v) is 8.75. The van der Waals surface area contributed by atoms with E-state index in [4.69, 9.17) is 17.3 Å². The molecule has 0 aliphatic heterocycles. The van der Waals surface area contributed by atoms with E-state index in [1.54, 1.807) is 0 Å². The monoisotopic (exact) mass is 212 g/mol. The summed E-state index contributed by atoms with van der Waals surface area (Å²) in [5.41, 5.74) is 6.15. The van der Waals surface area contributed by atoms with E-state index in [0.717, 1.165) is 13.0 Å². The second kappa shape index (κ2) is 5.44. The molecule has 0 saturated carbocycles. The summed E-state index contributed by atoms with van der Waals surface area (Å²) in [6, 6.07) is 0. The van der Waals surface area contributed by atoms with Gasteiger partial charge in [-0.05, 0) is 24.9 Å². The van der Waals surface area contributed by atoms with Crippen molar-refractivity contribution in [2.24, 2.45) is 0 Å². The number of hydrogen-bond donors (Lipinski definition) is 2. The van der Waals surface area contributed by atoms with Gasteiger partial charge in [0.2, 0.25) is 5.28 Å². The molecule has 0 atom stereocenters. The van der Waals surface area contributed by atoms with Crippen LogP contribution in [0.15, 0.2) is 18.3 Å². The van der Waals surface area contributed by atoms with E-state index >= 15 is 0 Å². The summed E-state index contributed by atoms with van der Waals surface area (Å²) in [4.78, 5) is 7.72. The second-order valence-corrected chi connectivity index (χ2v) is 3.07. The Labute approximate surface area is 88.2 Å². The first-order valence-corrected chi connectivity index (χ1v) is 4.75. The maximum absolute atomic E-state index is 5.64. The van der Waals surface area contributed by atoms with Gasteiger partial charge in [-0.25, -0.2) is 4.98 Å². The summed E-state index contributed by atoms with van der Waals surface area (Å²) in [7, 11) is 0. The summed E-state index contributed by atoms with van der Waals surface area (Å²) < 4.78 is 0. The molecule has 1 aromatic heterocycles. The molecule has 0 radical (unpaired) electrons. The van der Waals surface area contributed by atoms with E-state index in [-0.39, 0.29) is 5.28 Å². The number of aromatic nitrogens is 2. The van der Waals surface area contributed by atoms with Gasteiger partial charge >= 0.3 is 0 Å². The minimum Gasteiger partial charge on any atom is -0.394 e. The van der Waals surface area contributed by atoms with Gasteiger partial charge in [-0.3, -0.25) is 0 Å². The van der Waals surface area contributed by atoms with Crippen LogP contribution in [0.3, 0.4) is 0 Å². The van der Waals surface area contributed by atoms with Crippen LogP contribution in [0, 0.1) is 0 Å². The number of nitrogens with one attached hydrogen (secondary N) is 1. The number of halogens is 1. The third kappa shape index (κ3) is 3.22. The molecular weight excluding hydrogens is 200 g/mol. The highest BCUT2D eigenvalue weighted by molar-refractivity contribution is 6.28. The number of nitrogen functional groups attached to an aromatic ring is 1. The van der Waals surface area contributed by atoms with Crippen molar-refractivity contribution in [3.05, 3.63) is 23.6 Å². The smallest absolute Gasteiger partial charge is 0.224 e. The normalized spacial score (nSPS) is 10.7. The lowest BCUT2D eigenvalue weighted by molar-refractivity contribution is 1.04. The highest BCUT2D eigenvalue weighted by Crippen LogP contribution is 2.15. The van der Waals surface area contributed by atoms with Gasteiger partial charge in [0.15, 0.2) is 5.82 Å². The minimum atomic E-state index is 0.202.